The predicted molar refractivity (Wildman–Crippen MR) is 166 cm³/mol. The lowest BCUT2D eigenvalue weighted by Crippen LogP contribution is -2.43. The molecular weight excluding hydrogens is 694 g/mol. The van der Waals surface area contributed by atoms with Crippen molar-refractivity contribution in [2.24, 2.45) is 0 Å². The zero-order valence-corrected chi connectivity index (χ0v) is 27.9. The molecule has 0 aromatic heterocycles. The van der Waals surface area contributed by atoms with Crippen LogP contribution in [0.25, 0.3) is 0 Å². The van der Waals surface area contributed by atoms with Gasteiger partial charge in [0.15, 0.2) is 25.8 Å². The van der Waals surface area contributed by atoms with Crippen LogP contribution in [0.3, 0.4) is 0 Å². The van der Waals surface area contributed by atoms with Crippen LogP contribution in [0.15, 0.2) is 73.8 Å². The van der Waals surface area contributed by atoms with Gasteiger partial charge in [0.05, 0.1) is 11.1 Å². The van der Waals surface area contributed by atoms with Gasteiger partial charge in [-0.3, -0.25) is 9.59 Å². The third kappa shape index (κ3) is 11.8. The van der Waals surface area contributed by atoms with E-state index < -0.39 is 77.2 Å². The number of esters is 4. The van der Waals surface area contributed by atoms with Crippen LogP contribution >= 0.6 is 15.6 Å². The van der Waals surface area contributed by atoms with Crippen molar-refractivity contribution < 1.29 is 80.0 Å². The van der Waals surface area contributed by atoms with E-state index in [1.54, 1.807) is 0 Å². The normalized spacial score (nSPS) is 15.8. The van der Waals surface area contributed by atoms with Crippen LogP contribution in [0.4, 0.5) is 0 Å². The average Bonchev–Trinajstić information content (AvgIpc) is 3.08. The smallest absolute Gasteiger partial charge is 0.455 e. The van der Waals surface area contributed by atoms with Crippen LogP contribution < -0.4 is 0 Å². The monoisotopic (exact) mass is 726 g/mol. The minimum atomic E-state index is -5.90. The first-order valence-electron chi connectivity index (χ1n) is 13.9. The summed E-state index contributed by atoms with van der Waals surface area (Å²) in [6, 6.07) is 10.8. The van der Waals surface area contributed by atoms with Gasteiger partial charge >= 0.3 is 39.5 Å². The Morgan fingerprint density at radius 3 is 1.35 bits per heavy atom. The second kappa shape index (κ2) is 17.7. The molecule has 0 bridgehead atoms. The van der Waals surface area contributed by atoms with Crippen LogP contribution in [0.2, 0.25) is 0 Å². The minimum Gasteiger partial charge on any atom is -0.455 e. The highest BCUT2D eigenvalue weighted by atomic mass is 31.3. The lowest BCUT2D eigenvalue weighted by atomic mass is 10.1. The highest BCUT2D eigenvalue weighted by Crippen LogP contribution is 2.64. The zero-order chi connectivity index (χ0) is 36.9. The zero-order valence-electron chi connectivity index (χ0n) is 26.1. The van der Waals surface area contributed by atoms with E-state index in [-0.39, 0.29) is 22.3 Å². The number of aldehydes is 2. The van der Waals surface area contributed by atoms with Crippen molar-refractivity contribution in [3.63, 3.8) is 0 Å². The van der Waals surface area contributed by atoms with Crippen molar-refractivity contribution in [1.82, 2.24) is 0 Å². The van der Waals surface area contributed by atoms with Gasteiger partial charge in [0.2, 0.25) is 0 Å². The van der Waals surface area contributed by atoms with Gasteiger partial charge in [-0.15, -0.1) is 0 Å². The summed E-state index contributed by atoms with van der Waals surface area (Å²) < 4.78 is 60.8. The van der Waals surface area contributed by atoms with Crippen molar-refractivity contribution in [2.75, 3.05) is 13.2 Å². The van der Waals surface area contributed by atoms with Gasteiger partial charge in [0.1, 0.15) is 0 Å². The Kier molecular flexibility index (Phi) is 14.7. The fourth-order valence-electron chi connectivity index (χ4n) is 3.74. The van der Waals surface area contributed by atoms with E-state index >= 15 is 0 Å². The molecule has 0 heterocycles. The Balaban J connectivity index is 2.36. The van der Waals surface area contributed by atoms with Crippen molar-refractivity contribution in [2.45, 2.75) is 38.3 Å². The number of carbonyl (C=O) groups excluding carboxylic acids is 6. The molecule has 49 heavy (non-hydrogen) atoms. The summed E-state index contributed by atoms with van der Waals surface area (Å²) in [5.74, 6) is -10.1. The molecule has 0 aliphatic carbocycles. The molecule has 0 fully saturated rings. The lowest BCUT2D eigenvalue weighted by molar-refractivity contribution is -0.215. The molecule has 2 aromatic carbocycles. The van der Waals surface area contributed by atoms with E-state index in [9.17, 15) is 47.7 Å². The van der Waals surface area contributed by atoms with Crippen molar-refractivity contribution in [1.29, 1.82) is 0 Å². The summed E-state index contributed by atoms with van der Waals surface area (Å²) >= 11 is 0. The molecule has 2 rings (SSSR count). The van der Waals surface area contributed by atoms with Crippen molar-refractivity contribution in [3.8, 4) is 0 Å². The van der Waals surface area contributed by atoms with E-state index in [0.717, 1.165) is 0 Å². The van der Waals surface area contributed by atoms with E-state index in [1.165, 1.54) is 62.4 Å². The van der Waals surface area contributed by atoms with Crippen molar-refractivity contribution in [3.05, 3.63) is 96.1 Å². The summed E-state index contributed by atoms with van der Waals surface area (Å²) in [6.45, 7) is 6.64. The Hall–Kier alpha value is -4.60. The molecule has 0 aliphatic rings. The van der Waals surface area contributed by atoms with Gasteiger partial charge in [-0.2, -0.15) is 4.31 Å². The molecule has 2 N–H and O–H groups in total. The highest BCUT2D eigenvalue weighted by molar-refractivity contribution is 7.61. The number of ether oxygens (including phenoxy) is 4. The maximum atomic E-state index is 13.1. The SMILES string of the molecule is C=CC(=O)OC(CC)(COC(=O)c1ccccc1C=O)OP(=O)(O)OP(=O)(O)OC(CC)(COC(=O)c1ccccc1C=O)OC(=O)C=C. The van der Waals surface area contributed by atoms with Gasteiger partial charge in [0.25, 0.3) is 11.6 Å². The van der Waals surface area contributed by atoms with E-state index in [4.69, 9.17) is 28.0 Å². The van der Waals surface area contributed by atoms with E-state index in [2.05, 4.69) is 17.5 Å². The second-order valence-corrected chi connectivity index (χ2v) is 12.4. The maximum absolute atomic E-state index is 13.1. The standard InChI is InChI=1S/C30H32O17P2/c1-5-25(33)43-29(7-3,19-41-27(35)23-15-11-9-13-21(23)17-31)45-48(37,38)47-49(39,40)46-30(8-4,44-26(34)6-2)20-42-28(36)24-16-12-10-14-22(24)18-32/h5-6,9-18H,1-2,7-8,19-20H2,3-4H3,(H,37,38)(H,39,40). The molecule has 0 saturated heterocycles. The third-order valence-electron chi connectivity index (χ3n) is 6.22. The summed E-state index contributed by atoms with van der Waals surface area (Å²) in [5, 5.41) is 0. The van der Waals surface area contributed by atoms with Crippen LogP contribution in [-0.2, 0) is 51.0 Å². The van der Waals surface area contributed by atoms with Crippen LogP contribution in [-0.4, -0.2) is 71.0 Å². The molecule has 0 saturated carbocycles. The Morgan fingerprint density at radius 1 is 0.694 bits per heavy atom. The number of carbonyl (C=O) groups is 6. The molecule has 17 nitrogen and oxygen atoms in total. The van der Waals surface area contributed by atoms with E-state index in [0.29, 0.717) is 24.7 Å². The molecule has 19 heteroatoms. The van der Waals surface area contributed by atoms with Gasteiger partial charge < -0.3 is 28.7 Å². The molecule has 0 spiro atoms. The number of rotatable bonds is 20. The van der Waals surface area contributed by atoms with Crippen molar-refractivity contribution >= 4 is 52.1 Å². The average molecular weight is 727 g/mol. The Bertz CT molecular complexity index is 1570. The molecular formula is C30H32O17P2. The largest absolute Gasteiger partial charge is 0.484 e. The minimum absolute atomic E-state index is 0.0803. The lowest BCUT2D eigenvalue weighted by Gasteiger charge is -2.34. The number of phosphoric ester groups is 2. The fourth-order valence-corrected chi connectivity index (χ4v) is 6.33. The van der Waals surface area contributed by atoms with Gasteiger partial charge in [-0.25, -0.2) is 37.4 Å². The Morgan fingerprint density at radius 2 is 1.04 bits per heavy atom. The topological polar surface area (TPSA) is 242 Å². The Labute approximate surface area is 279 Å². The van der Waals surface area contributed by atoms with Gasteiger partial charge in [-0.1, -0.05) is 63.4 Å². The second-order valence-electron chi connectivity index (χ2n) is 9.54. The first-order valence-corrected chi connectivity index (χ1v) is 16.9. The summed E-state index contributed by atoms with van der Waals surface area (Å²) in [4.78, 5) is 93.4. The molecule has 2 aromatic rings. The fraction of sp³-hybridized carbons (Fsp3) is 0.267. The number of hydrogen-bond donors (Lipinski definition) is 2. The van der Waals surface area contributed by atoms with Gasteiger partial charge in [-0.05, 0) is 12.1 Å². The number of benzene rings is 2. The third-order valence-corrected chi connectivity index (χ3v) is 8.99. The number of phosphoric acid groups is 2. The molecule has 4 atom stereocenters. The summed E-state index contributed by atoms with van der Waals surface area (Å²) in [7, 11) is -11.8. The quantitative estimate of drug-likeness (QED) is 0.0484. The first kappa shape index (κ1) is 40.6. The summed E-state index contributed by atoms with van der Waals surface area (Å²) in [5.41, 5.74) is -0.615. The summed E-state index contributed by atoms with van der Waals surface area (Å²) in [6.07, 6.45) is 0.875. The maximum Gasteiger partial charge on any atom is 0.484 e. The molecule has 264 valence electrons. The number of hydrogen-bond acceptors (Lipinski definition) is 15. The molecule has 0 amide bonds. The van der Waals surface area contributed by atoms with Crippen LogP contribution in [0, 0.1) is 0 Å². The van der Waals surface area contributed by atoms with E-state index in [1.807, 2.05) is 0 Å². The molecule has 0 radical (unpaired) electrons. The highest BCUT2D eigenvalue weighted by Gasteiger charge is 2.50. The van der Waals surface area contributed by atoms with Gasteiger partial charge in [0, 0.05) is 36.1 Å². The van der Waals surface area contributed by atoms with Crippen LogP contribution in [0.5, 0.6) is 0 Å². The van der Waals surface area contributed by atoms with Crippen LogP contribution in [0.1, 0.15) is 68.1 Å². The first-order chi connectivity index (χ1) is 23.0. The molecule has 4 unspecified atom stereocenters. The molecule has 0 aliphatic heterocycles. The predicted octanol–water partition coefficient (Wildman–Crippen LogP) is 4.25.